The first-order valence-electron chi connectivity index (χ1n) is 7.21. The van der Waals surface area contributed by atoms with Crippen LogP contribution in [0.4, 0.5) is 5.82 Å². The number of amides is 1. The van der Waals surface area contributed by atoms with Gasteiger partial charge in [-0.15, -0.1) is 0 Å². The van der Waals surface area contributed by atoms with Crippen LogP contribution < -0.4 is 5.32 Å². The fourth-order valence-corrected chi connectivity index (χ4v) is 3.39. The number of aryl methyl sites for hydroxylation is 1. The summed E-state index contributed by atoms with van der Waals surface area (Å²) in [6.45, 7) is 1.96. The van der Waals surface area contributed by atoms with Crippen LogP contribution in [0.2, 0.25) is 10.0 Å². The van der Waals surface area contributed by atoms with E-state index >= 15 is 0 Å². The van der Waals surface area contributed by atoms with Gasteiger partial charge in [0.05, 0.1) is 5.41 Å². The molecule has 5 heteroatoms. The molecule has 1 N–H and O–H groups in total. The molecule has 1 aliphatic rings. The Balaban J connectivity index is 1.89. The maximum atomic E-state index is 12.8. The van der Waals surface area contributed by atoms with E-state index in [0.29, 0.717) is 15.9 Å². The lowest BCUT2D eigenvalue weighted by molar-refractivity contribution is -0.124. The highest BCUT2D eigenvalue weighted by Crippen LogP contribution is 2.47. The van der Waals surface area contributed by atoms with Gasteiger partial charge in [-0.3, -0.25) is 4.79 Å². The Morgan fingerprint density at radius 2 is 2.00 bits per heavy atom. The average Bonchev–Trinajstić information content (AvgIpc) is 2.42. The van der Waals surface area contributed by atoms with Crippen LogP contribution in [0.5, 0.6) is 0 Å². The van der Waals surface area contributed by atoms with Crippen LogP contribution in [0.15, 0.2) is 36.5 Å². The standard InChI is InChI=1S/C17H16Cl2N2O/c1-11-3-6-15(20-10-11)21-16(22)17(7-2-8-17)13-5-4-12(18)9-14(13)19/h3-6,9-10H,2,7-8H2,1H3,(H,20,21,22). The van der Waals surface area contributed by atoms with Crippen molar-refractivity contribution in [3.05, 3.63) is 57.7 Å². The maximum absolute atomic E-state index is 12.8. The molecular formula is C17H16Cl2N2O. The molecule has 0 unspecified atom stereocenters. The molecule has 1 aromatic carbocycles. The van der Waals surface area contributed by atoms with Crippen LogP contribution in [-0.2, 0) is 10.2 Å². The van der Waals surface area contributed by atoms with Crippen LogP contribution in [0, 0.1) is 6.92 Å². The largest absolute Gasteiger partial charge is 0.310 e. The second-order valence-corrected chi connectivity index (χ2v) is 6.58. The van der Waals surface area contributed by atoms with Gasteiger partial charge in [0.1, 0.15) is 5.82 Å². The highest BCUT2D eigenvalue weighted by Gasteiger charge is 2.46. The van der Waals surface area contributed by atoms with E-state index in [1.165, 1.54) is 0 Å². The van der Waals surface area contributed by atoms with Gasteiger partial charge >= 0.3 is 0 Å². The van der Waals surface area contributed by atoms with E-state index in [0.717, 1.165) is 30.4 Å². The zero-order chi connectivity index (χ0) is 15.7. The monoisotopic (exact) mass is 334 g/mol. The lowest BCUT2D eigenvalue weighted by Crippen LogP contribution is -2.46. The second-order valence-electron chi connectivity index (χ2n) is 5.73. The third-order valence-corrected chi connectivity index (χ3v) is 4.79. The predicted molar refractivity (Wildman–Crippen MR) is 89.6 cm³/mol. The lowest BCUT2D eigenvalue weighted by Gasteiger charge is -2.41. The summed E-state index contributed by atoms with van der Waals surface area (Å²) < 4.78 is 0. The Morgan fingerprint density at radius 3 is 2.55 bits per heavy atom. The van der Waals surface area contributed by atoms with Crippen LogP contribution >= 0.6 is 23.2 Å². The number of nitrogens with one attached hydrogen (secondary N) is 1. The van der Waals surface area contributed by atoms with Crippen molar-refractivity contribution >= 4 is 34.9 Å². The number of benzene rings is 1. The van der Waals surface area contributed by atoms with Crippen molar-refractivity contribution in [3.8, 4) is 0 Å². The zero-order valence-corrected chi connectivity index (χ0v) is 13.7. The molecule has 1 heterocycles. The Hall–Kier alpha value is -1.58. The number of nitrogens with zero attached hydrogens (tertiary/aromatic N) is 1. The number of carbonyl (C=O) groups is 1. The molecule has 0 spiro atoms. The van der Waals surface area contributed by atoms with Gasteiger partial charge in [0, 0.05) is 16.2 Å². The lowest BCUT2D eigenvalue weighted by atomic mass is 9.63. The first-order chi connectivity index (χ1) is 10.5. The smallest absolute Gasteiger partial charge is 0.236 e. The maximum Gasteiger partial charge on any atom is 0.236 e. The molecule has 0 radical (unpaired) electrons. The summed E-state index contributed by atoms with van der Waals surface area (Å²) in [5, 5.41) is 4.02. The number of anilines is 1. The van der Waals surface area contributed by atoms with E-state index in [-0.39, 0.29) is 5.91 Å². The summed E-state index contributed by atoms with van der Waals surface area (Å²) in [4.78, 5) is 17.0. The average molecular weight is 335 g/mol. The molecule has 0 aliphatic heterocycles. The molecule has 0 bridgehead atoms. The van der Waals surface area contributed by atoms with Crippen molar-refractivity contribution < 1.29 is 4.79 Å². The van der Waals surface area contributed by atoms with Crippen LogP contribution in [0.1, 0.15) is 30.4 Å². The van der Waals surface area contributed by atoms with Crippen LogP contribution in [0.3, 0.4) is 0 Å². The Labute approximate surface area is 139 Å². The van der Waals surface area contributed by atoms with Crippen molar-refractivity contribution in [1.82, 2.24) is 4.98 Å². The third kappa shape index (κ3) is 2.71. The number of rotatable bonds is 3. The summed E-state index contributed by atoms with van der Waals surface area (Å²) >= 11 is 12.3. The number of carbonyl (C=O) groups excluding carboxylic acids is 1. The molecule has 1 aliphatic carbocycles. The first-order valence-corrected chi connectivity index (χ1v) is 7.96. The van der Waals surface area contributed by atoms with Gasteiger partial charge in [-0.1, -0.05) is 41.8 Å². The molecule has 114 valence electrons. The zero-order valence-electron chi connectivity index (χ0n) is 12.2. The van der Waals surface area contributed by atoms with Gasteiger partial charge in [-0.2, -0.15) is 0 Å². The fourth-order valence-electron chi connectivity index (χ4n) is 2.80. The van der Waals surface area contributed by atoms with Crippen molar-refractivity contribution in [2.75, 3.05) is 5.32 Å². The number of pyridine rings is 1. The van der Waals surface area contributed by atoms with Gasteiger partial charge in [-0.25, -0.2) is 4.98 Å². The molecule has 3 rings (SSSR count). The van der Waals surface area contributed by atoms with E-state index in [2.05, 4.69) is 10.3 Å². The Bertz CT molecular complexity index is 709. The minimum Gasteiger partial charge on any atom is -0.310 e. The van der Waals surface area contributed by atoms with Crippen molar-refractivity contribution in [3.63, 3.8) is 0 Å². The van der Waals surface area contributed by atoms with E-state index in [9.17, 15) is 4.79 Å². The quantitative estimate of drug-likeness (QED) is 0.879. The van der Waals surface area contributed by atoms with Gasteiger partial charge in [-0.05, 0) is 49.1 Å². The molecular weight excluding hydrogens is 319 g/mol. The van der Waals surface area contributed by atoms with Gasteiger partial charge in [0.15, 0.2) is 0 Å². The minimum atomic E-state index is -0.575. The SMILES string of the molecule is Cc1ccc(NC(=O)C2(c3ccc(Cl)cc3Cl)CCC2)nc1. The second kappa shape index (κ2) is 5.90. The van der Waals surface area contributed by atoms with Gasteiger partial charge in [0.25, 0.3) is 0 Å². The first kappa shape index (κ1) is 15.3. The number of hydrogen-bond acceptors (Lipinski definition) is 2. The molecule has 1 fully saturated rings. The molecule has 1 saturated carbocycles. The normalized spacial score (nSPS) is 16.0. The number of halogens is 2. The highest BCUT2D eigenvalue weighted by molar-refractivity contribution is 6.35. The topological polar surface area (TPSA) is 42.0 Å². The molecule has 0 saturated heterocycles. The number of hydrogen-bond donors (Lipinski definition) is 1. The summed E-state index contributed by atoms with van der Waals surface area (Å²) in [6.07, 6.45) is 4.31. The molecule has 1 aromatic heterocycles. The Morgan fingerprint density at radius 1 is 1.23 bits per heavy atom. The summed E-state index contributed by atoms with van der Waals surface area (Å²) in [5.41, 5.74) is 1.32. The highest BCUT2D eigenvalue weighted by atomic mass is 35.5. The van der Waals surface area contributed by atoms with Gasteiger partial charge in [0.2, 0.25) is 5.91 Å². The minimum absolute atomic E-state index is 0.0562. The summed E-state index contributed by atoms with van der Waals surface area (Å²) in [5.74, 6) is 0.506. The van der Waals surface area contributed by atoms with E-state index in [4.69, 9.17) is 23.2 Å². The molecule has 3 nitrogen and oxygen atoms in total. The van der Waals surface area contributed by atoms with Crippen molar-refractivity contribution in [2.45, 2.75) is 31.6 Å². The molecule has 1 amide bonds. The summed E-state index contributed by atoms with van der Waals surface area (Å²) in [6, 6.07) is 9.05. The van der Waals surface area contributed by atoms with Gasteiger partial charge < -0.3 is 5.32 Å². The summed E-state index contributed by atoms with van der Waals surface area (Å²) in [7, 11) is 0. The van der Waals surface area contributed by atoms with E-state index in [1.54, 1.807) is 18.3 Å². The number of aromatic nitrogens is 1. The van der Waals surface area contributed by atoms with Crippen LogP contribution in [0.25, 0.3) is 0 Å². The van der Waals surface area contributed by atoms with Crippen molar-refractivity contribution in [2.24, 2.45) is 0 Å². The fraction of sp³-hybridized carbons (Fsp3) is 0.294. The molecule has 0 atom stereocenters. The van der Waals surface area contributed by atoms with Crippen molar-refractivity contribution in [1.29, 1.82) is 0 Å². The third-order valence-electron chi connectivity index (χ3n) is 4.24. The molecule has 2 aromatic rings. The van der Waals surface area contributed by atoms with Crippen LogP contribution in [-0.4, -0.2) is 10.9 Å². The van der Waals surface area contributed by atoms with E-state index in [1.807, 2.05) is 25.1 Å². The Kier molecular flexibility index (Phi) is 4.11. The molecule has 22 heavy (non-hydrogen) atoms. The van der Waals surface area contributed by atoms with E-state index < -0.39 is 5.41 Å². The predicted octanol–water partition coefficient (Wildman–Crippen LogP) is 4.76.